The van der Waals surface area contributed by atoms with Crippen LogP contribution in [0.15, 0.2) is 30.7 Å². The van der Waals surface area contributed by atoms with Crippen LogP contribution < -0.4 is 10.5 Å². The zero-order valence-corrected chi connectivity index (χ0v) is 9.76. The Bertz CT molecular complexity index is 547. The molecule has 1 aromatic heterocycles. The maximum atomic E-state index is 5.90. The van der Waals surface area contributed by atoms with Crippen molar-refractivity contribution in [3.05, 3.63) is 36.3 Å². The normalized spacial score (nSPS) is 17.9. The molecule has 2 N–H and O–H groups in total. The molecule has 0 fully saturated rings. The molecule has 0 unspecified atom stereocenters. The van der Waals surface area contributed by atoms with Gasteiger partial charge in [-0.2, -0.15) is 0 Å². The van der Waals surface area contributed by atoms with Gasteiger partial charge in [-0.25, -0.2) is 4.98 Å². The molecule has 1 aliphatic rings. The number of imidazole rings is 1. The van der Waals surface area contributed by atoms with Gasteiger partial charge in [-0.15, -0.1) is 0 Å². The molecule has 1 atom stereocenters. The summed E-state index contributed by atoms with van der Waals surface area (Å²) in [6.45, 7) is 0.555. The number of rotatable bonds is 2. The second kappa shape index (κ2) is 3.89. The first-order chi connectivity index (χ1) is 8.29. The number of ether oxygens (including phenoxy) is 1. The van der Waals surface area contributed by atoms with Gasteiger partial charge in [0.25, 0.3) is 0 Å². The Balaban J connectivity index is 2.10. The largest absolute Gasteiger partial charge is 0.488 e. The van der Waals surface area contributed by atoms with Crippen LogP contribution in [0.2, 0.25) is 0 Å². The fourth-order valence-electron chi connectivity index (χ4n) is 2.29. The van der Waals surface area contributed by atoms with Crippen molar-refractivity contribution >= 4 is 0 Å². The smallest absolute Gasteiger partial charge is 0.132 e. The molecule has 2 aromatic rings. The third kappa shape index (κ3) is 1.61. The molecule has 88 valence electrons. The summed E-state index contributed by atoms with van der Waals surface area (Å²) < 4.78 is 7.89. The predicted molar refractivity (Wildman–Crippen MR) is 65.8 cm³/mol. The van der Waals surface area contributed by atoms with E-state index >= 15 is 0 Å². The summed E-state index contributed by atoms with van der Waals surface area (Å²) in [6, 6.07) is 6.23. The summed E-state index contributed by atoms with van der Waals surface area (Å²) in [5.41, 5.74) is 9.07. The summed E-state index contributed by atoms with van der Waals surface area (Å²) >= 11 is 0. The Morgan fingerprint density at radius 1 is 1.53 bits per heavy atom. The van der Waals surface area contributed by atoms with Gasteiger partial charge >= 0.3 is 0 Å². The fraction of sp³-hybridized carbons (Fsp3) is 0.308. The molecule has 0 bridgehead atoms. The molecule has 2 heterocycles. The molecular weight excluding hydrogens is 214 g/mol. The third-order valence-corrected chi connectivity index (χ3v) is 3.18. The van der Waals surface area contributed by atoms with Crippen molar-refractivity contribution < 1.29 is 4.74 Å². The molecule has 0 aliphatic carbocycles. The van der Waals surface area contributed by atoms with E-state index in [1.165, 1.54) is 5.56 Å². The Morgan fingerprint density at radius 3 is 3.12 bits per heavy atom. The number of aromatic nitrogens is 2. The lowest BCUT2D eigenvalue weighted by Crippen LogP contribution is -2.24. The number of aryl methyl sites for hydroxylation is 1. The minimum atomic E-state index is 0.111. The van der Waals surface area contributed by atoms with Gasteiger partial charge in [-0.3, -0.25) is 0 Å². The summed E-state index contributed by atoms with van der Waals surface area (Å²) in [5.74, 6) is 0.964. The molecule has 0 saturated heterocycles. The molecule has 17 heavy (non-hydrogen) atoms. The minimum absolute atomic E-state index is 0.111. The van der Waals surface area contributed by atoms with Crippen LogP contribution in [0.5, 0.6) is 5.75 Å². The summed E-state index contributed by atoms with van der Waals surface area (Å²) in [5, 5.41) is 0. The van der Waals surface area contributed by atoms with E-state index < -0.39 is 0 Å². The first-order valence-electron chi connectivity index (χ1n) is 5.75. The molecule has 0 spiro atoms. The number of benzene rings is 1. The van der Waals surface area contributed by atoms with Crippen molar-refractivity contribution in [3.63, 3.8) is 0 Å². The molecular formula is C13H15N3O. The van der Waals surface area contributed by atoms with Crippen molar-refractivity contribution in [1.29, 1.82) is 0 Å². The zero-order valence-electron chi connectivity index (χ0n) is 9.76. The second-order valence-corrected chi connectivity index (χ2v) is 4.36. The monoisotopic (exact) mass is 229 g/mol. The average Bonchev–Trinajstić information content (AvgIpc) is 2.93. The number of hydrogen-bond donors (Lipinski definition) is 1. The van der Waals surface area contributed by atoms with Crippen LogP contribution in [-0.2, 0) is 13.5 Å². The van der Waals surface area contributed by atoms with E-state index in [9.17, 15) is 0 Å². The highest BCUT2D eigenvalue weighted by atomic mass is 16.5. The number of hydrogen-bond acceptors (Lipinski definition) is 3. The lowest BCUT2D eigenvalue weighted by Gasteiger charge is -2.10. The number of fused-ring (bicyclic) bond motifs is 1. The Labute approximate surface area is 100 Å². The van der Waals surface area contributed by atoms with Crippen LogP contribution in [-0.4, -0.2) is 22.2 Å². The fourth-order valence-corrected chi connectivity index (χ4v) is 2.29. The predicted octanol–water partition coefficient (Wildman–Crippen LogP) is 1.35. The number of nitrogens with two attached hydrogens (primary N) is 1. The second-order valence-electron chi connectivity index (χ2n) is 4.36. The molecule has 3 rings (SSSR count). The first kappa shape index (κ1) is 10.4. The molecule has 0 amide bonds. The standard InChI is InChI=1S/C13H15N3O/c1-16-8-15-7-12(16)11-4-2-3-9-5-10(6-14)17-13(9)11/h2-4,7-8,10H,5-6,14H2,1H3/t10-/m0/s1. The van der Waals surface area contributed by atoms with Gasteiger partial charge in [-0.05, 0) is 11.6 Å². The van der Waals surface area contributed by atoms with Gasteiger partial charge in [0, 0.05) is 25.6 Å². The van der Waals surface area contributed by atoms with Crippen LogP contribution in [0, 0.1) is 0 Å². The molecule has 1 aromatic carbocycles. The molecule has 1 aliphatic heterocycles. The van der Waals surface area contributed by atoms with E-state index in [4.69, 9.17) is 10.5 Å². The van der Waals surface area contributed by atoms with Crippen molar-refractivity contribution in [3.8, 4) is 17.0 Å². The third-order valence-electron chi connectivity index (χ3n) is 3.18. The summed E-state index contributed by atoms with van der Waals surface area (Å²) in [4.78, 5) is 4.15. The Hall–Kier alpha value is -1.81. The van der Waals surface area contributed by atoms with Crippen LogP contribution in [0.25, 0.3) is 11.3 Å². The molecule has 4 heteroatoms. The van der Waals surface area contributed by atoms with Crippen molar-refractivity contribution in [1.82, 2.24) is 9.55 Å². The van der Waals surface area contributed by atoms with E-state index in [1.807, 2.05) is 17.8 Å². The van der Waals surface area contributed by atoms with Gasteiger partial charge in [0.2, 0.25) is 0 Å². The Morgan fingerprint density at radius 2 is 2.41 bits per heavy atom. The van der Waals surface area contributed by atoms with E-state index in [-0.39, 0.29) is 6.10 Å². The van der Waals surface area contributed by atoms with Crippen molar-refractivity contribution in [2.24, 2.45) is 12.8 Å². The SMILES string of the molecule is Cn1cncc1-c1cccc2c1O[C@H](CN)C2. The quantitative estimate of drug-likeness (QED) is 0.845. The van der Waals surface area contributed by atoms with Crippen molar-refractivity contribution in [2.75, 3.05) is 6.54 Å². The lowest BCUT2D eigenvalue weighted by atomic mass is 10.0. The van der Waals surface area contributed by atoms with Crippen LogP contribution in [0.4, 0.5) is 0 Å². The summed E-state index contributed by atoms with van der Waals surface area (Å²) in [6.07, 6.45) is 4.66. The van der Waals surface area contributed by atoms with E-state index in [2.05, 4.69) is 23.2 Å². The number of para-hydroxylation sites is 1. The highest BCUT2D eigenvalue weighted by molar-refractivity contribution is 5.70. The lowest BCUT2D eigenvalue weighted by molar-refractivity contribution is 0.242. The maximum absolute atomic E-state index is 5.90. The average molecular weight is 229 g/mol. The van der Waals surface area contributed by atoms with E-state index in [1.54, 1.807) is 6.33 Å². The zero-order chi connectivity index (χ0) is 11.8. The number of nitrogens with zero attached hydrogens (tertiary/aromatic N) is 2. The maximum Gasteiger partial charge on any atom is 0.132 e. The van der Waals surface area contributed by atoms with Crippen LogP contribution in [0.1, 0.15) is 5.56 Å². The van der Waals surface area contributed by atoms with E-state index in [0.29, 0.717) is 6.54 Å². The minimum Gasteiger partial charge on any atom is -0.488 e. The van der Waals surface area contributed by atoms with Crippen LogP contribution in [0.3, 0.4) is 0 Å². The van der Waals surface area contributed by atoms with Gasteiger partial charge in [0.1, 0.15) is 11.9 Å². The first-order valence-corrected chi connectivity index (χ1v) is 5.75. The molecule has 0 radical (unpaired) electrons. The highest BCUT2D eigenvalue weighted by Gasteiger charge is 2.25. The van der Waals surface area contributed by atoms with Gasteiger partial charge in [0.05, 0.1) is 18.2 Å². The topological polar surface area (TPSA) is 53.1 Å². The molecule has 4 nitrogen and oxygen atoms in total. The molecule has 0 saturated carbocycles. The van der Waals surface area contributed by atoms with Crippen molar-refractivity contribution in [2.45, 2.75) is 12.5 Å². The van der Waals surface area contributed by atoms with E-state index in [0.717, 1.165) is 23.4 Å². The Kier molecular flexibility index (Phi) is 2.37. The highest BCUT2D eigenvalue weighted by Crippen LogP contribution is 2.38. The summed E-state index contributed by atoms with van der Waals surface area (Å²) in [7, 11) is 1.98. The van der Waals surface area contributed by atoms with Gasteiger partial charge < -0.3 is 15.0 Å². The van der Waals surface area contributed by atoms with Gasteiger partial charge in [0.15, 0.2) is 0 Å². The van der Waals surface area contributed by atoms with Gasteiger partial charge in [-0.1, -0.05) is 12.1 Å². The van der Waals surface area contributed by atoms with Crippen LogP contribution >= 0.6 is 0 Å².